The molecule has 0 saturated heterocycles. The zero-order chi connectivity index (χ0) is 12.3. The Morgan fingerprint density at radius 3 is 2.75 bits per heavy atom. The monoisotopic (exact) mass is 225 g/mol. The normalized spacial score (nSPS) is 9.81. The van der Waals surface area contributed by atoms with Crippen molar-refractivity contribution in [3.05, 3.63) is 22.2 Å². The van der Waals surface area contributed by atoms with Gasteiger partial charge in [0.25, 0.3) is 5.69 Å². The van der Waals surface area contributed by atoms with Crippen LogP contribution in [-0.4, -0.2) is 29.4 Å². The van der Waals surface area contributed by atoms with Gasteiger partial charge >= 0.3 is 0 Å². The number of carbonyl (C=O) groups excluding carboxylic acids is 1. The van der Waals surface area contributed by atoms with Crippen molar-refractivity contribution in [3.8, 4) is 0 Å². The Morgan fingerprint density at radius 1 is 1.62 bits per heavy atom. The number of pyridine rings is 1. The number of hydrogen-bond acceptors (Lipinski definition) is 6. The second-order valence-electron chi connectivity index (χ2n) is 3.19. The highest BCUT2D eigenvalue weighted by Gasteiger charge is 2.13. The smallest absolute Gasteiger partial charge is 0.276 e. The van der Waals surface area contributed by atoms with E-state index in [0.29, 0.717) is 0 Å². The van der Waals surface area contributed by atoms with Crippen LogP contribution in [-0.2, 0) is 4.79 Å². The van der Waals surface area contributed by atoms with Crippen molar-refractivity contribution < 1.29 is 9.72 Å². The number of nitrogens with zero attached hydrogens (tertiary/aromatic N) is 3. The molecule has 0 radical (unpaired) electrons. The summed E-state index contributed by atoms with van der Waals surface area (Å²) >= 11 is 0. The van der Waals surface area contributed by atoms with Gasteiger partial charge in [0, 0.05) is 7.05 Å². The molecule has 0 bridgehead atoms. The van der Waals surface area contributed by atoms with E-state index in [4.69, 9.17) is 11.5 Å². The van der Waals surface area contributed by atoms with Crippen molar-refractivity contribution in [1.29, 1.82) is 0 Å². The molecule has 1 aromatic rings. The minimum atomic E-state index is -0.584. The number of aromatic nitrogens is 1. The molecule has 16 heavy (non-hydrogen) atoms. The van der Waals surface area contributed by atoms with Gasteiger partial charge in [-0.2, -0.15) is 0 Å². The van der Waals surface area contributed by atoms with Crippen molar-refractivity contribution >= 4 is 23.2 Å². The summed E-state index contributed by atoms with van der Waals surface area (Å²) in [5, 5.41) is 10.6. The third kappa shape index (κ3) is 2.80. The van der Waals surface area contributed by atoms with Crippen molar-refractivity contribution in [3.63, 3.8) is 0 Å². The number of primary amides is 1. The number of anilines is 2. The van der Waals surface area contributed by atoms with Crippen LogP contribution >= 0.6 is 0 Å². The fourth-order valence-corrected chi connectivity index (χ4v) is 1.14. The first-order valence-corrected chi connectivity index (χ1v) is 4.31. The average Bonchev–Trinajstić information content (AvgIpc) is 2.15. The molecule has 1 rings (SSSR count). The van der Waals surface area contributed by atoms with E-state index in [1.807, 2.05) is 0 Å². The molecule has 4 N–H and O–H groups in total. The molecule has 1 aromatic heterocycles. The molecule has 0 aromatic carbocycles. The molecule has 0 saturated carbocycles. The number of likely N-dealkylation sites (N-methyl/N-ethyl adjacent to an activating group) is 1. The van der Waals surface area contributed by atoms with E-state index in [2.05, 4.69) is 4.98 Å². The van der Waals surface area contributed by atoms with Crippen molar-refractivity contribution in [1.82, 2.24) is 4.98 Å². The maximum atomic E-state index is 10.7. The van der Waals surface area contributed by atoms with Crippen LogP contribution in [0.4, 0.5) is 17.3 Å². The van der Waals surface area contributed by atoms with E-state index < -0.39 is 10.8 Å². The first kappa shape index (κ1) is 11.7. The second-order valence-corrected chi connectivity index (χ2v) is 3.19. The van der Waals surface area contributed by atoms with Gasteiger partial charge in [-0.15, -0.1) is 0 Å². The minimum Gasteiger partial charge on any atom is -0.383 e. The van der Waals surface area contributed by atoms with Crippen molar-refractivity contribution in [2.45, 2.75) is 0 Å². The van der Waals surface area contributed by atoms with E-state index in [1.54, 1.807) is 0 Å². The molecule has 0 atom stereocenters. The molecule has 8 heteroatoms. The second kappa shape index (κ2) is 4.43. The van der Waals surface area contributed by atoms with Crippen LogP contribution in [0.25, 0.3) is 0 Å². The lowest BCUT2D eigenvalue weighted by atomic mass is 10.3. The van der Waals surface area contributed by atoms with Gasteiger partial charge in [0.2, 0.25) is 5.91 Å². The van der Waals surface area contributed by atoms with E-state index in [-0.39, 0.29) is 23.9 Å². The van der Waals surface area contributed by atoms with E-state index in [9.17, 15) is 14.9 Å². The lowest BCUT2D eigenvalue weighted by Crippen LogP contribution is -2.31. The standard InChI is InChI=1S/C8H11N5O3/c1-12(4-7(10)14)8-3-5(13(15)16)2-6(9)11-8/h2-3H,4H2,1H3,(H2,9,11)(H2,10,14). The predicted octanol–water partition coefficient (Wildman–Crippen LogP) is -0.507. The SMILES string of the molecule is CN(CC(N)=O)c1cc([N+](=O)[O-])cc(N)n1. The molecule has 0 spiro atoms. The summed E-state index contributed by atoms with van der Waals surface area (Å²) in [6, 6.07) is 2.36. The topological polar surface area (TPSA) is 128 Å². The molecule has 0 aliphatic carbocycles. The van der Waals surface area contributed by atoms with Crippen LogP contribution < -0.4 is 16.4 Å². The van der Waals surface area contributed by atoms with Gasteiger partial charge in [-0.25, -0.2) is 4.98 Å². The summed E-state index contributed by atoms with van der Waals surface area (Å²) in [5.41, 5.74) is 10.2. The summed E-state index contributed by atoms with van der Waals surface area (Å²) in [7, 11) is 1.54. The van der Waals surface area contributed by atoms with Crippen molar-refractivity contribution in [2.75, 3.05) is 24.2 Å². The van der Waals surface area contributed by atoms with Gasteiger partial charge in [0.15, 0.2) is 0 Å². The highest BCUT2D eigenvalue weighted by Crippen LogP contribution is 2.20. The van der Waals surface area contributed by atoms with Crippen LogP contribution in [0.1, 0.15) is 0 Å². The van der Waals surface area contributed by atoms with Crippen LogP contribution in [0.15, 0.2) is 12.1 Å². The first-order chi connectivity index (χ1) is 7.40. The molecule has 0 aliphatic rings. The maximum absolute atomic E-state index is 10.7. The Balaban J connectivity index is 3.04. The zero-order valence-electron chi connectivity index (χ0n) is 8.58. The third-order valence-corrected chi connectivity index (χ3v) is 1.81. The van der Waals surface area contributed by atoms with Gasteiger partial charge in [-0.05, 0) is 0 Å². The largest absolute Gasteiger partial charge is 0.383 e. The van der Waals surface area contributed by atoms with Gasteiger partial charge in [-0.3, -0.25) is 14.9 Å². The number of amides is 1. The molecular formula is C8H11N5O3. The molecule has 0 unspecified atom stereocenters. The van der Waals surface area contributed by atoms with Gasteiger partial charge in [0.1, 0.15) is 11.6 Å². The first-order valence-electron chi connectivity index (χ1n) is 4.31. The average molecular weight is 225 g/mol. The quantitative estimate of drug-likeness (QED) is 0.524. The Hall–Kier alpha value is -2.38. The van der Waals surface area contributed by atoms with Crippen LogP contribution in [0, 0.1) is 10.1 Å². The summed E-state index contributed by atoms with van der Waals surface area (Å²) in [6.07, 6.45) is 0. The van der Waals surface area contributed by atoms with Crippen LogP contribution in [0.3, 0.4) is 0 Å². The Bertz CT molecular complexity index is 434. The summed E-state index contributed by atoms with van der Waals surface area (Å²) in [4.78, 5) is 25.9. The summed E-state index contributed by atoms with van der Waals surface area (Å²) < 4.78 is 0. The summed E-state index contributed by atoms with van der Waals surface area (Å²) in [5.74, 6) is -0.319. The molecule has 86 valence electrons. The summed E-state index contributed by atoms with van der Waals surface area (Å²) in [6.45, 7) is -0.0897. The lowest BCUT2D eigenvalue weighted by molar-refractivity contribution is -0.384. The number of nitro groups is 1. The number of rotatable bonds is 4. The molecular weight excluding hydrogens is 214 g/mol. The van der Waals surface area contributed by atoms with E-state index in [0.717, 1.165) is 6.07 Å². The Morgan fingerprint density at radius 2 is 2.25 bits per heavy atom. The van der Waals surface area contributed by atoms with Gasteiger partial charge < -0.3 is 16.4 Å². The Kier molecular flexibility index (Phi) is 3.24. The Labute approximate surface area is 91.0 Å². The highest BCUT2D eigenvalue weighted by atomic mass is 16.6. The fourth-order valence-electron chi connectivity index (χ4n) is 1.14. The van der Waals surface area contributed by atoms with Crippen molar-refractivity contribution in [2.24, 2.45) is 5.73 Å². The van der Waals surface area contributed by atoms with Gasteiger partial charge in [-0.1, -0.05) is 0 Å². The number of hydrogen-bond donors (Lipinski definition) is 2. The minimum absolute atomic E-state index is 0.0144. The molecule has 0 aliphatic heterocycles. The third-order valence-electron chi connectivity index (χ3n) is 1.81. The number of nitrogen functional groups attached to an aromatic ring is 1. The lowest BCUT2D eigenvalue weighted by Gasteiger charge is -2.15. The van der Waals surface area contributed by atoms with Gasteiger partial charge in [0.05, 0.1) is 23.6 Å². The highest BCUT2D eigenvalue weighted by molar-refractivity contribution is 5.79. The number of carbonyl (C=O) groups is 1. The van der Waals surface area contributed by atoms with E-state index in [1.165, 1.54) is 18.0 Å². The molecule has 1 heterocycles. The fraction of sp³-hybridized carbons (Fsp3) is 0.250. The predicted molar refractivity (Wildman–Crippen MR) is 57.8 cm³/mol. The maximum Gasteiger partial charge on any atom is 0.276 e. The number of nitrogens with two attached hydrogens (primary N) is 2. The molecule has 1 amide bonds. The van der Waals surface area contributed by atoms with Crippen LogP contribution in [0.5, 0.6) is 0 Å². The van der Waals surface area contributed by atoms with Crippen LogP contribution in [0.2, 0.25) is 0 Å². The molecule has 8 nitrogen and oxygen atoms in total. The molecule has 0 fully saturated rings. The zero-order valence-corrected chi connectivity index (χ0v) is 8.58. The van der Waals surface area contributed by atoms with E-state index >= 15 is 0 Å².